The van der Waals surface area contributed by atoms with E-state index in [-0.39, 0.29) is 0 Å². The van der Waals surface area contributed by atoms with Crippen LogP contribution >= 0.6 is 0 Å². The third kappa shape index (κ3) is 2.79. The molecule has 19 heavy (non-hydrogen) atoms. The number of hydrogen-bond acceptors (Lipinski definition) is 4. The maximum atomic E-state index is 11.7. The van der Waals surface area contributed by atoms with Gasteiger partial charge in [-0.05, 0) is 18.2 Å². The van der Waals surface area contributed by atoms with Gasteiger partial charge in [0.05, 0.1) is 0 Å². The first-order valence-corrected chi connectivity index (χ1v) is 5.53. The number of aryl methyl sites for hydroxylation is 1. The highest BCUT2D eigenvalue weighted by atomic mass is 16.4. The minimum Gasteiger partial charge on any atom is -0.478 e. The van der Waals surface area contributed by atoms with Crippen molar-refractivity contribution in [1.82, 2.24) is 4.98 Å². The highest BCUT2D eigenvalue weighted by Gasteiger charge is 2.10. The predicted octanol–water partition coefficient (Wildman–Crippen LogP) is 1.74. The Bertz CT molecular complexity index is 672. The van der Waals surface area contributed by atoms with Gasteiger partial charge in [-0.15, -0.1) is 0 Å². The minimum atomic E-state index is -1.16. The summed E-state index contributed by atoms with van der Waals surface area (Å²) in [7, 11) is 1.56. The molecule has 1 heterocycles. The summed E-state index contributed by atoms with van der Waals surface area (Å²) in [5.74, 6) is -1.04. The van der Waals surface area contributed by atoms with E-state index in [4.69, 9.17) is 9.52 Å². The summed E-state index contributed by atoms with van der Waals surface area (Å²) >= 11 is 0. The average molecular weight is 260 g/mol. The zero-order valence-electron chi connectivity index (χ0n) is 10.5. The zero-order chi connectivity index (χ0) is 14.0. The summed E-state index contributed by atoms with van der Waals surface area (Å²) in [4.78, 5) is 27.6. The van der Waals surface area contributed by atoms with E-state index in [1.807, 2.05) is 0 Å². The van der Waals surface area contributed by atoms with Gasteiger partial charge < -0.3 is 14.4 Å². The molecule has 0 unspecified atom stereocenters. The molecule has 0 radical (unpaired) electrons. The standard InChI is InChI=1S/C13H12N2O4/c1-8-14-10-7-9(3-4-11(10)19-8)15(2)12(16)5-6-13(17)18/h3-7H,1-2H3,(H,17,18)/b6-5+. The molecule has 6 heteroatoms. The molecular weight excluding hydrogens is 248 g/mol. The zero-order valence-corrected chi connectivity index (χ0v) is 10.5. The molecule has 98 valence electrons. The molecule has 1 amide bonds. The van der Waals surface area contributed by atoms with E-state index >= 15 is 0 Å². The molecule has 0 saturated carbocycles. The minimum absolute atomic E-state index is 0.429. The van der Waals surface area contributed by atoms with E-state index in [1.54, 1.807) is 32.2 Å². The Morgan fingerprint density at radius 3 is 2.79 bits per heavy atom. The number of rotatable bonds is 3. The molecule has 0 aliphatic carbocycles. The van der Waals surface area contributed by atoms with Crippen LogP contribution in [0.5, 0.6) is 0 Å². The van der Waals surface area contributed by atoms with Gasteiger partial charge >= 0.3 is 5.97 Å². The fraction of sp³-hybridized carbons (Fsp3) is 0.154. The molecule has 1 aromatic heterocycles. The SMILES string of the molecule is Cc1nc2cc(N(C)C(=O)/C=C/C(=O)O)ccc2o1. The Labute approximate surface area is 109 Å². The topological polar surface area (TPSA) is 83.6 Å². The van der Waals surface area contributed by atoms with Crippen LogP contribution in [0.2, 0.25) is 0 Å². The predicted molar refractivity (Wildman–Crippen MR) is 68.9 cm³/mol. The highest BCUT2D eigenvalue weighted by Crippen LogP contribution is 2.22. The van der Waals surface area contributed by atoms with Crippen LogP contribution in [0, 0.1) is 6.92 Å². The van der Waals surface area contributed by atoms with E-state index in [9.17, 15) is 9.59 Å². The number of anilines is 1. The van der Waals surface area contributed by atoms with Crippen LogP contribution in [0.3, 0.4) is 0 Å². The van der Waals surface area contributed by atoms with Crippen molar-refractivity contribution in [1.29, 1.82) is 0 Å². The van der Waals surface area contributed by atoms with E-state index in [0.717, 1.165) is 12.2 Å². The van der Waals surface area contributed by atoms with Gasteiger partial charge in [-0.3, -0.25) is 4.79 Å². The molecule has 6 nitrogen and oxygen atoms in total. The number of amides is 1. The number of benzene rings is 1. The lowest BCUT2D eigenvalue weighted by Gasteiger charge is -2.14. The molecule has 2 rings (SSSR count). The van der Waals surface area contributed by atoms with Crippen molar-refractivity contribution < 1.29 is 19.1 Å². The number of likely N-dealkylation sites (N-methyl/N-ethyl adjacent to an activating group) is 1. The van der Waals surface area contributed by atoms with E-state index in [2.05, 4.69) is 4.98 Å². The number of aromatic nitrogens is 1. The third-order valence-corrected chi connectivity index (χ3v) is 2.56. The van der Waals surface area contributed by atoms with Crippen LogP contribution in [-0.4, -0.2) is 29.0 Å². The first-order chi connectivity index (χ1) is 8.97. The van der Waals surface area contributed by atoms with Gasteiger partial charge in [0.15, 0.2) is 11.5 Å². The number of aliphatic carboxylic acids is 1. The Morgan fingerprint density at radius 1 is 1.37 bits per heavy atom. The van der Waals surface area contributed by atoms with Crippen LogP contribution in [0.1, 0.15) is 5.89 Å². The first kappa shape index (κ1) is 12.8. The number of carboxylic acid groups (broad SMARTS) is 1. The normalized spacial score (nSPS) is 11.1. The Balaban J connectivity index is 2.27. The Hall–Kier alpha value is -2.63. The molecule has 0 bridgehead atoms. The number of carbonyl (C=O) groups is 2. The van der Waals surface area contributed by atoms with Crippen molar-refractivity contribution in [2.75, 3.05) is 11.9 Å². The van der Waals surface area contributed by atoms with E-state index < -0.39 is 11.9 Å². The lowest BCUT2D eigenvalue weighted by molar-refractivity contribution is -0.131. The van der Waals surface area contributed by atoms with Gasteiger partial charge in [0, 0.05) is 31.8 Å². The van der Waals surface area contributed by atoms with Crippen molar-refractivity contribution in [2.45, 2.75) is 6.92 Å². The first-order valence-electron chi connectivity index (χ1n) is 5.53. The molecular formula is C13H12N2O4. The molecule has 0 aliphatic heterocycles. The lowest BCUT2D eigenvalue weighted by atomic mass is 10.2. The second kappa shape index (κ2) is 4.93. The molecule has 1 aromatic carbocycles. The van der Waals surface area contributed by atoms with E-state index in [1.165, 1.54) is 4.90 Å². The molecule has 0 saturated heterocycles. The van der Waals surface area contributed by atoms with Gasteiger partial charge in [-0.1, -0.05) is 0 Å². The number of carboxylic acids is 1. The molecule has 0 fully saturated rings. The summed E-state index contributed by atoms with van der Waals surface area (Å²) in [5.41, 5.74) is 1.90. The number of hydrogen-bond donors (Lipinski definition) is 1. The molecule has 0 spiro atoms. The summed E-state index contributed by atoms with van der Waals surface area (Å²) in [6.45, 7) is 1.74. The quantitative estimate of drug-likeness (QED) is 0.850. The summed E-state index contributed by atoms with van der Waals surface area (Å²) in [6, 6.07) is 5.13. The van der Waals surface area contributed by atoms with Gasteiger partial charge in [0.1, 0.15) is 5.52 Å². The number of fused-ring (bicyclic) bond motifs is 1. The smallest absolute Gasteiger partial charge is 0.328 e. The third-order valence-electron chi connectivity index (χ3n) is 2.56. The summed E-state index contributed by atoms with van der Waals surface area (Å²) in [5, 5.41) is 8.48. The molecule has 2 aromatic rings. The summed E-state index contributed by atoms with van der Waals surface area (Å²) in [6.07, 6.45) is 1.80. The maximum absolute atomic E-state index is 11.7. The van der Waals surface area contributed by atoms with Crippen LogP contribution in [0.25, 0.3) is 11.1 Å². The van der Waals surface area contributed by atoms with Crippen molar-refractivity contribution >= 4 is 28.7 Å². The average Bonchev–Trinajstić information content (AvgIpc) is 2.73. The fourth-order valence-corrected chi connectivity index (χ4v) is 1.62. The van der Waals surface area contributed by atoms with Crippen LogP contribution in [-0.2, 0) is 9.59 Å². The van der Waals surface area contributed by atoms with Gasteiger partial charge in [-0.2, -0.15) is 0 Å². The van der Waals surface area contributed by atoms with Crippen LogP contribution in [0.4, 0.5) is 5.69 Å². The number of carbonyl (C=O) groups excluding carboxylic acids is 1. The largest absolute Gasteiger partial charge is 0.478 e. The Kier molecular flexibility index (Phi) is 3.33. The van der Waals surface area contributed by atoms with Crippen molar-refractivity contribution in [3.8, 4) is 0 Å². The van der Waals surface area contributed by atoms with Crippen LogP contribution < -0.4 is 4.90 Å². The monoisotopic (exact) mass is 260 g/mol. The maximum Gasteiger partial charge on any atom is 0.328 e. The molecule has 0 atom stereocenters. The number of nitrogens with zero attached hydrogens (tertiary/aromatic N) is 2. The molecule has 0 aliphatic rings. The van der Waals surface area contributed by atoms with E-state index in [0.29, 0.717) is 22.7 Å². The molecule has 1 N–H and O–H groups in total. The second-order valence-electron chi connectivity index (χ2n) is 3.95. The highest BCUT2D eigenvalue weighted by molar-refractivity contribution is 6.04. The van der Waals surface area contributed by atoms with Crippen LogP contribution in [0.15, 0.2) is 34.8 Å². The number of oxazole rings is 1. The van der Waals surface area contributed by atoms with Crippen molar-refractivity contribution in [3.05, 3.63) is 36.2 Å². The van der Waals surface area contributed by atoms with Gasteiger partial charge in [0.2, 0.25) is 0 Å². The lowest BCUT2D eigenvalue weighted by Crippen LogP contribution is -2.24. The Morgan fingerprint density at radius 2 is 2.11 bits per heavy atom. The van der Waals surface area contributed by atoms with Crippen molar-refractivity contribution in [2.24, 2.45) is 0 Å². The summed E-state index contributed by atoms with van der Waals surface area (Å²) < 4.78 is 5.34. The van der Waals surface area contributed by atoms with Gasteiger partial charge in [-0.25, -0.2) is 9.78 Å². The second-order valence-corrected chi connectivity index (χ2v) is 3.95. The van der Waals surface area contributed by atoms with Crippen molar-refractivity contribution in [3.63, 3.8) is 0 Å². The fourth-order valence-electron chi connectivity index (χ4n) is 1.62. The van der Waals surface area contributed by atoms with Gasteiger partial charge in [0.25, 0.3) is 5.91 Å².